The minimum Gasteiger partial charge on any atom is -0.507 e. The summed E-state index contributed by atoms with van der Waals surface area (Å²) in [6, 6.07) is 12.6. The molecule has 0 aliphatic carbocycles. The van der Waals surface area contributed by atoms with Crippen LogP contribution in [0.2, 0.25) is 0 Å². The van der Waals surface area contributed by atoms with Crippen LogP contribution in [0.25, 0.3) is 0 Å². The normalized spacial score (nSPS) is 10.0. The molecule has 114 valence electrons. The van der Waals surface area contributed by atoms with Crippen LogP contribution in [0.3, 0.4) is 0 Å². The molecule has 0 aromatic heterocycles. The SMILES string of the molecule is O=C(Nc1ccccc1C(=O)NCCO)c1ccccc1O. The maximum atomic E-state index is 12.2. The van der Waals surface area contributed by atoms with Gasteiger partial charge in [0.05, 0.1) is 23.4 Å². The van der Waals surface area contributed by atoms with Gasteiger partial charge in [-0.1, -0.05) is 24.3 Å². The van der Waals surface area contributed by atoms with E-state index >= 15 is 0 Å². The number of hydrogen-bond acceptors (Lipinski definition) is 4. The van der Waals surface area contributed by atoms with Gasteiger partial charge in [0.2, 0.25) is 0 Å². The highest BCUT2D eigenvalue weighted by Gasteiger charge is 2.15. The molecule has 0 heterocycles. The number of phenolic OH excluding ortho intramolecular Hbond substituents is 1. The van der Waals surface area contributed by atoms with E-state index in [1.807, 2.05) is 0 Å². The number of aromatic hydroxyl groups is 1. The lowest BCUT2D eigenvalue weighted by Gasteiger charge is -2.11. The van der Waals surface area contributed by atoms with Crippen molar-refractivity contribution in [2.24, 2.45) is 0 Å². The molecule has 22 heavy (non-hydrogen) atoms. The predicted molar refractivity (Wildman–Crippen MR) is 81.9 cm³/mol. The highest BCUT2D eigenvalue weighted by molar-refractivity contribution is 6.10. The van der Waals surface area contributed by atoms with E-state index in [-0.39, 0.29) is 30.0 Å². The number of nitrogens with one attached hydrogen (secondary N) is 2. The van der Waals surface area contributed by atoms with Crippen molar-refractivity contribution >= 4 is 17.5 Å². The minimum absolute atomic E-state index is 0.119. The summed E-state index contributed by atoms with van der Waals surface area (Å²) in [5.41, 5.74) is 0.721. The lowest BCUT2D eigenvalue weighted by molar-refractivity contribution is 0.0945. The van der Waals surface area contributed by atoms with Crippen molar-refractivity contribution in [3.05, 3.63) is 59.7 Å². The Morgan fingerprint density at radius 3 is 2.23 bits per heavy atom. The Bertz CT molecular complexity index is 685. The first-order valence-electron chi connectivity index (χ1n) is 6.71. The molecule has 0 spiro atoms. The first-order valence-corrected chi connectivity index (χ1v) is 6.71. The first-order chi connectivity index (χ1) is 10.6. The van der Waals surface area contributed by atoms with Crippen molar-refractivity contribution in [3.8, 4) is 5.75 Å². The molecule has 2 aromatic carbocycles. The van der Waals surface area contributed by atoms with E-state index in [2.05, 4.69) is 10.6 Å². The van der Waals surface area contributed by atoms with Crippen LogP contribution >= 0.6 is 0 Å². The second kappa shape index (κ2) is 7.24. The van der Waals surface area contributed by atoms with Crippen molar-refractivity contribution in [1.82, 2.24) is 5.32 Å². The molecule has 0 saturated carbocycles. The second-order valence-electron chi connectivity index (χ2n) is 4.50. The molecule has 0 aliphatic rings. The molecule has 0 radical (unpaired) electrons. The van der Waals surface area contributed by atoms with E-state index in [9.17, 15) is 14.7 Å². The molecule has 2 amide bonds. The average Bonchev–Trinajstić information content (AvgIpc) is 2.53. The molecule has 2 rings (SSSR count). The number of rotatable bonds is 5. The van der Waals surface area contributed by atoms with Gasteiger partial charge in [0.25, 0.3) is 11.8 Å². The Labute approximate surface area is 127 Å². The number of para-hydroxylation sites is 2. The topological polar surface area (TPSA) is 98.7 Å². The third-order valence-electron chi connectivity index (χ3n) is 2.97. The fourth-order valence-electron chi connectivity index (χ4n) is 1.91. The maximum Gasteiger partial charge on any atom is 0.259 e. The van der Waals surface area contributed by atoms with Gasteiger partial charge in [-0.25, -0.2) is 0 Å². The molecule has 0 saturated heterocycles. The molecule has 0 atom stereocenters. The Hall–Kier alpha value is -2.86. The maximum absolute atomic E-state index is 12.2. The number of carbonyl (C=O) groups is 2. The summed E-state index contributed by atoms with van der Waals surface area (Å²) in [6.45, 7) is -0.0429. The number of amides is 2. The molecule has 6 heteroatoms. The number of hydrogen-bond donors (Lipinski definition) is 4. The zero-order valence-electron chi connectivity index (χ0n) is 11.7. The molecule has 0 aliphatic heterocycles. The zero-order valence-corrected chi connectivity index (χ0v) is 11.7. The Balaban J connectivity index is 2.21. The lowest BCUT2D eigenvalue weighted by Crippen LogP contribution is -2.27. The fraction of sp³-hybridized carbons (Fsp3) is 0.125. The molecule has 6 nitrogen and oxygen atoms in total. The van der Waals surface area contributed by atoms with Gasteiger partial charge >= 0.3 is 0 Å². The zero-order chi connectivity index (χ0) is 15.9. The summed E-state index contributed by atoms with van der Waals surface area (Å²) in [7, 11) is 0. The van der Waals surface area contributed by atoms with Crippen LogP contribution < -0.4 is 10.6 Å². The van der Waals surface area contributed by atoms with E-state index in [1.165, 1.54) is 12.1 Å². The number of aliphatic hydroxyl groups excluding tert-OH is 1. The third kappa shape index (κ3) is 3.62. The first kappa shape index (κ1) is 15.5. The predicted octanol–water partition coefficient (Wildman–Crippen LogP) is 1.37. The Morgan fingerprint density at radius 2 is 1.55 bits per heavy atom. The minimum atomic E-state index is -0.513. The molecule has 2 aromatic rings. The van der Waals surface area contributed by atoms with Gasteiger partial charge in [0, 0.05) is 6.54 Å². The van der Waals surface area contributed by atoms with Crippen molar-refractivity contribution < 1.29 is 19.8 Å². The number of phenols is 1. The highest BCUT2D eigenvalue weighted by Crippen LogP contribution is 2.20. The average molecular weight is 300 g/mol. The van der Waals surface area contributed by atoms with E-state index in [4.69, 9.17) is 5.11 Å². The fourth-order valence-corrected chi connectivity index (χ4v) is 1.91. The Morgan fingerprint density at radius 1 is 0.909 bits per heavy atom. The van der Waals surface area contributed by atoms with Gasteiger partial charge in [-0.05, 0) is 24.3 Å². The van der Waals surface area contributed by atoms with E-state index in [0.29, 0.717) is 5.69 Å². The molecule has 4 N–H and O–H groups in total. The van der Waals surface area contributed by atoms with Crippen LogP contribution in [0.1, 0.15) is 20.7 Å². The van der Waals surface area contributed by atoms with E-state index in [1.54, 1.807) is 36.4 Å². The number of benzene rings is 2. The van der Waals surface area contributed by atoms with Crippen molar-refractivity contribution in [3.63, 3.8) is 0 Å². The van der Waals surface area contributed by atoms with Gasteiger partial charge in [-0.15, -0.1) is 0 Å². The van der Waals surface area contributed by atoms with Gasteiger partial charge in [0.1, 0.15) is 5.75 Å². The summed E-state index contributed by atoms with van der Waals surface area (Å²) < 4.78 is 0. The number of anilines is 1. The highest BCUT2D eigenvalue weighted by atomic mass is 16.3. The van der Waals surface area contributed by atoms with Crippen LogP contribution in [-0.4, -0.2) is 35.2 Å². The standard InChI is InChI=1S/C16H16N2O4/c19-10-9-17-15(21)11-5-1-3-7-13(11)18-16(22)12-6-2-4-8-14(12)20/h1-8,19-20H,9-10H2,(H,17,21)(H,18,22). The van der Waals surface area contributed by atoms with Gasteiger partial charge in [-0.3, -0.25) is 9.59 Å². The summed E-state index contributed by atoms with van der Waals surface area (Å²) >= 11 is 0. The molecule has 0 fully saturated rings. The quantitative estimate of drug-likeness (QED) is 0.670. The van der Waals surface area contributed by atoms with Crippen LogP contribution in [-0.2, 0) is 0 Å². The van der Waals surface area contributed by atoms with E-state index in [0.717, 1.165) is 0 Å². The smallest absolute Gasteiger partial charge is 0.259 e. The largest absolute Gasteiger partial charge is 0.507 e. The summed E-state index contributed by atoms with van der Waals surface area (Å²) in [5, 5.41) is 23.6. The molecular weight excluding hydrogens is 284 g/mol. The van der Waals surface area contributed by atoms with E-state index < -0.39 is 11.8 Å². The van der Waals surface area contributed by atoms with Gasteiger partial charge in [0.15, 0.2) is 0 Å². The van der Waals surface area contributed by atoms with Crippen molar-refractivity contribution in [2.75, 3.05) is 18.5 Å². The molecule has 0 unspecified atom stereocenters. The van der Waals surface area contributed by atoms with Crippen molar-refractivity contribution in [2.45, 2.75) is 0 Å². The molecule has 0 bridgehead atoms. The lowest BCUT2D eigenvalue weighted by atomic mass is 10.1. The molecular formula is C16H16N2O4. The van der Waals surface area contributed by atoms with Crippen LogP contribution in [0.15, 0.2) is 48.5 Å². The Kier molecular flexibility index (Phi) is 5.11. The second-order valence-corrected chi connectivity index (χ2v) is 4.50. The van der Waals surface area contributed by atoms with Crippen LogP contribution in [0, 0.1) is 0 Å². The van der Waals surface area contributed by atoms with Crippen molar-refractivity contribution in [1.29, 1.82) is 0 Å². The van der Waals surface area contributed by atoms with Crippen LogP contribution in [0.4, 0.5) is 5.69 Å². The third-order valence-corrected chi connectivity index (χ3v) is 2.97. The summed E-state index contributed by atoms with van der Waals surface area (Å²) in [4.78, 5) is 24.2. The number of carbonyl (C=O) groups excluding carboxylic acids is 2. The van der Waals surface area contributed by atoms with Gasteiger partial charge in [-0.2, -0.15) is 0 Å². The summed E-state index contributed by atoms with van der Waals surface area (Å²) in [5.74, 6) is -1.05. The number of aliphatic hydroxyl groups is 1. The summed E-state index contributed by atoms with van der Waals surface area (Å²) in [6.07, 6.45) is 0. The monoisotopic (exact) mass is 300 g/mol. The van der Waals surface area contributed by atoms with Gasteiger partial charge < -0.3 is 20.8 Å². The van der Waals surface area contributed by atoms with Crippen LogP contribution in [0.5, 0.6) is 5.75 Å².